The van der Waals surface area contributed by atoms with Gasteiger partial charge in [-0.1, -0.05) is 12.1 Å². The Morgan fingerprint density at radius 1 is 0.714 bits per heavy atom. The molecule has 2 aromatic carbocycles. The quantitative estimate of drug-likeness (QED) is 0.631. The Hall–Kier alpha value is -1.22. The molecule has 0 spiro atoms. The monoisotopic (exact) mass is 321 g/mol. The third-order valence-electron chi connectivity index (χ3n) is 2.82. The molecule has 0 aliphatic heterocycles. The van der Waals surface area contributed by atoms with Gasteiger partial charge in [-0.25, -0.2) is 0 Å². The minimum absolute atomic E-state index is 0.468. The molecule has 0 aliphatic carbocycles. The lowest BCUT2D eigenvalue weighted by atomic mass is 10.1. The van der Waals surface area contributed by atoms with Crippen LogP contribution in [0.1, 0.15) is 22.3 Å². The lowest BCUT2D eigenvalue weighted by Gasteiger charge is -2.33. The van der Waals surface area contributed by atoms with E-state index in [1.54, 1.807) is 24.3 Å². The van der Waals surface area contributed by atoms with E-state index >= 15 is 0 Å². The average molecular weight is 321 g/mol. The molecule has 0 heterocycles. The second-order valence-electron chi connectivity index (χ2n) is 5.28. The summed E-state index contributed by atoms with van der Waals surface area (Å²) in [5.74, 6) is 0.936. The van der Waals surface area contributed by atoms with Crippen LogP contribution in [0.25, 0.3) is 0 Å². The van der Waals surface area contributed by atoms with Crippen LogP contribution in [-0.2, 0) is 12.2 Å². The summed E-state index contributed by atoms with van der Waals surface area (Å²) in [6, 6.07) is 11.2. The van der Waals surface area contributed by atoms with Gasteiger partial charge in [0.1, 0.15) is 0 Å². The van der Waals surface area contributed by atoms with Crippen molar-refractivity contribution in [1.29, 1.82) is 0 Å². The highest BCUT2D eigenvalue weighted by Crippen LogP contribution is 2.50. The van der Waals surface area contributed by atoms with E-state index in [9.17, 15) is 4.89 Å². The van der Waals surface area contributed by atoms with Crippen molar-refractivity contribution in [1.82, 2.24) is 0 Å². The molecule has 21 heavy (non-hydrogen) atoms. The molecule has 0 radical (unpaired) electrons. The van der Waals surface area contributed by atoms with Crippen LogP contribution in [-0.4, -0.2) is 0 Å². The molecule has 0 amide bonds. The molecule has 0 atom stereocenters. The molecule has 0 aliphatic rings. The van der Waals surface area contributed by atoms with Gasteiger partial charge in [0.15, 0.2) is 11.5 Å². The third-order valence-corrected chi connectivity index (χ3v) is 4.14. The Bertz CT molecular complexity index is 560. The zero-order chi connectivity index (χ0) is 15.6. The molecule has 0 bridgehead atoms. The van der Waals surface area contributed by atoms with Gasteiger partial charge >= 0.3 is 0 Å². The van der Waals surface area contributed by atoms with Crippen LogP contribution in [0.15, 0.2) is 36.4 Å². The fraction of sp³-hybridized carbons (Fsp3) is 0.250. The third kappa shape index (κ3) is 4.92. The van der Waals surface area contributed by atoms with Crippen LogP contribution in [0.4, 0.5) is 0 Å². The van der Waals surface area contributed by atoms with E-state index in [1.807, 2.05) is 39.8 Å². The molecule has 0 N–H and O–H groups in total. The Labute approximate surface area is 131 Å². The van der Waals surface area contributed by atoms with E-state index in [0.717, 1.165) is 22.3 Å². The molecule has 0 saturated heterocycles. The standard InChI is InChI=1S/C16H19O3PS/c1-11-5-12(2)8-15(7-11)18-20(17,21)19-16-9-13(3)6-14(4)10-16/h5-10H,1-4H3,(H,17,21)/p-1. The Balaban J connectivity index is 2.17. The molecule has 3 nitrogen and oxygen atoms in total. The van der Waals surface area contributed by atoms with E-state index in [4.69, 9.17) is 21.3 Å². The highest BCUT2D eigenvalue weighted by molar-refractivity contribution is 8.35. The molecule has 112 valence electrons. The summed E-state index contributed by atoms with van der Waals surface area (Å²) in [6.07, 6.45) is 0. The van der Waals surface area contributed by atoms with E-state index in [2.05, 4.69) is 0 Å². The van der Waals surface area contributed by atoms with Crippen molar-refractivity contribution in [2.45, 2.75) is 27.7 Å². The molecule has 0 saturated carbocycles. The van der Waals surface area contributed by atoms with Crippen LogP contribution in [0, 0.1) is 27.7 Å². The van der Waals surface area contributed by atoms with Gasteiger partial charge in [-0.2, -0.15) is 0 Å². The molecule has 0 unspecified atom stereocenters. The fourth-order valence-corrected chi connectivity index (χ4v) is 3.53. The summed E-state index contributed by atoms with van der Waals surface area (Å²) >= 11 is 4.99. The van der Waals surface area contributed by atoms with Gasteiger partial charge in [-0.3, -0.25) is 0 Å². The maximum Gasteiger partial charge on any atom is 0.212 e. The van der Waals surface area contributed by atoms with Crippen molar-refractivity contribution in [3.8, 4) is 11.5 Å². The van der Waals surface area contributed by atoms with Crippen molar-refractivity contribution in [3.63, 3.8) is 0 Å². The van der Waals surface area contributed by atoms with Gasteiger partial charge in [0, 0.05) is 0 Å². The van der Waals surface area contributed by atoms with E-state index in [0.29, 0.717) is 11.5 Å². The van der Waals surface area contributed by atoms with Gasteiger partial charge in [-0.05, 0) is 74.2 Å². The second kappa shape index (κ2) is 6.27. The topological polar surface area (TPSA) is 41.5 Å². The number of rotatable bonds is 4. The highest BCUT2D eigenvalue weighted by Gasteiger charge is 2.18. The number of hydrogen-bond acceptors (Lipinski definition) is 4. The van der Waals surface area contributed by atoms with Crippen LogP contribution in [0.2, 0.25) is 0 Å². The van der Waals surface area contributed by atoms with Gasteiger partial charge in [-0.15, -0.1) is 0 Å². The zero-order valence-corrected chi connectivity index (χ0v) is 14.3. The predicted octanol–water partition coefficient (Wildman–Crippen LogP) is 3.96. The Morgan fingerprint density at radius 3 is 1.29 bits per heavy atom. The Kier molecular flexibility index (Phi) is 4.82. The largest absolute Gasteiger partial charge is 0.634 e. The van der Waals surface area contributed by atoms with Crippen molar-refractivity contribution in [2.75, 3.05) is 0 Å². The molecular weight excluding hydrogens is 303 g/mol. The van der Waals surface area contributed by atoms with E-state index in [-0.39, 0.29) is 0 Å². The van der Waals surface area contributed by atoms with Crippen molar-refractivity contribution < 1.29 is 13.9 Å². The molecule has 5 heteroatoms. The van der Waals surface area contributed by atoms with Crippen molar-refractivity contribution >= 4 is 19.4 Å². The lowest BCUT2D eigenvalue weighted by Crippen LogP contribution is -2.18. The van der Waals surface area contributed by atoms with Crippen molar-refractivity contribution in [2.24, 2.45) is 0 Å². The normalized spacial score (nSPS) is 11.3. The second-order valence-corrected chi connectivity index (χ2v) is 7.88. The van der Waals surface area contributed by atoms with Gasteiger partial charge in [0.2, 0.25) is 7.15 Å². The molecule has 2 aromatic rings. The summed E-state index contributed by atoms with van der Waals surface area (Å²) in [6.45, 7) is 7.77. The summed E-state index contributed by atoms with van der Waals surface area (Å²) in [4.78, 5) is 12.4. The summed E-state index contributed by atoms with van der Waals surface area (Å²) in [5, 5.41) is 0. The first-order valence-corrected chi connectivity index (χ1v) is 9.16. The SMILES string of the molecule is Cc1cc(C)cc(O[P+]([O-])([S-])Oc2cc(C)cc(C)c2)c1. The fourth-order valence-electron chi connectivity index (χ4n) is 2.25. The van der Waals surface area contributed by atoms with Crippen LogP contribution in [0.5, 0.6) is 11.5 Å². The maximum absolute atomic E-state index is 12.4. The van der Waals surface area contributed by atoms with Gasteiger partial charge in [0.25, 0.3) is 0 Å². The number of hydrogen-bond donors (Lipinski definition) is 0. The zero-order valence-electron chi connectivity index (χ0n) is 12.5. The van der Waals surface area contributed by atoms with Crippen LogP contribution >= 0.6 is 7.15 Å². The molecule has 0 aromatic heterocycles. The van der Waals surface area contributed by atoms with Crippen LogP contribution < -0.4 is 13.9 Å². The average Bonchev–Trinajstić information content (AvgIpc) is 2.23. The summed E-state index contributed by atoms with van der Waals surface area (Å²) < 4.78 is 10.8. The minimum Gasteiger partial charge on any atom is -0.634 e. The first-order valence-electron chi connectivity index (χ1n) is 6.60. The Morgan fingerprint density at radius 2 is 1.00 bits per heavy atom. The highest BCUT2D eigenvalue weighted by atomic mass is 32.7. The molecule has 2 rings (SSSR count). The number of benzene rings is 2. The van der Waals surface area contributed by atoms with Gasteiger partial charge < -0.3 is 26.2 Å². The van der Waals surface area contributed by atoms with Gasteiger partial charge in [0.05, 0.1) is 0 Å². The summed E-state index contributed by atoms with van der Waals surface area (Å²) in [5.41, 5.74) is 4.08. The smallest absolute Gasteiger partial charge is 0.212 e. The maximum atomic E-state index is 12.4. The van der Waals surface area contributed by atoms with Crippen molar-refractivity contribution in [3.05, 3.63) is 58.7 Å². The lowest BCUT2D eigenvalue weighted by molar-refractivity contribution is -0.193. The first kappa shape index (κ1) is 16.2. The first-order chi connectivity index (χ1) is 9.73. The summed E-state index contributed by atoms with van der Waals surface area (Å²) in [7, 11) is -3.63. The molecule has 0 fully saturated rings. The number of aryl methyl sites for hydroxylation is 4. The van der Waals surface area contributed by atoms with E-state index in [1.165, 1.54) is 0 Å². The minimum atomic E-state index is -3.63. The molecular formula is C16H18O3PS-. The van der Waals surface area contributed by atoms with Crippen LogP contribution in [0.3, 0.4) is 0 Å². The van der Waals surface area contributed by atoms with E-state index < -0.39 is 7.15 Å². The predicted molar refractivity (Wildman–Crippen MR) is 87.4 cm³/mol.